The maximum atomic E-state index is 13.4. The molecule has 2 aromatic carbocycles. The number of benzene rings is 2. The van der Waals surface area contributed by atoms with Crippen LogP contribution in [0.3, 0.4) is 0 Å². The van der Waals surface area contributed by atoms with Crippen LogP contribution in [0.25, 0.3) is 0 Å². The van der Waals surface area contributed by atoms with Crippen LogP contribution < -0.4 is 10.2 Å². The van der Waals surface area contributed by atoms with E-state index >= 15 is 0 Å². The summed E-state index contributed by atoms with van der Waals surface area (Å²) in [5.41, 5.74) is 8.00. The minimum Gasteiger partial charge on any atom is -0.354 e. The third-order valence-electron chi connectivity index (χ3n) is 8.81. The van der Waals surface area contributed by atoms with Gasteiger partial charge in [-0.15, -0.1) is 0 Å². The molecular formula is C31H34N2O. The summed E-state index contributed by atoms with van der Waals surface area (Å²) in [4.78, 5) is 16.0. The van der Waals surface area contributed by atoms with Gasteiger partial charge < -0.3 is 10.2 Å². The molecule has 6 rings (SSSR count). The van der Waals surface area contributed by atoms with E-state index in [-0.39, 0.29) is 16.9 Å². The maximum Gasteiger partial charge on any atom is 0.251 e. The molecule has 0 aromatic heterocycles. The lowest BCUT2D eigenvalue weighted by Gasteiger charge is -2.41. The summed E-state index contributed by atoms with van der Waals surface area (Å²) in [5, 5.41) is 3.13. The van der Waals surface area contributed by atoms with Gasteiger partial charge >= 0.3 is 0 Å². The van der Waals surface area contributed by atoms with Crippen LogP contribution in [-0.4, -0.2) is 17.5 Å². The van der Waals surface area contributed by atoms with Crippen LogP contribution in [0.15, 0.2) is 95.1 Å². The van der Waals surface area contributed by atoms with Crippen molar-refractivity contribution in [2.75, 3.05) is 10.2 Å². The van der Waals surface area contributed by atoms with Crippen LogP contribution in [0.5, 0.6) is 0 Å². The zero-order valence-corrected chi connectivity index (χ0v) is 20.5. The summed E-state index contributed by atoms with van der Waals surface area (Å²) in [7, 11) is 0. The monoisotopic (exact) mass is 450 g/mol. The number of carbonyl (C=O) groups is 1. The Morgan fingerprint density at radius 3 is 2.38 bits per heavy atom. The number of anilines is 2. The van der Waals surface area contributed by atoms with Gasteiger partial charge in [0.2, 0.25) is 0 Å². The molecule has 4 aliphatic rings. The van der Waals surface area contributed by atoms with E-state index in [1.54, 1.807) is 11.1 Å². The number of nitrogens with one attached hydrogen (secondary N) is 1. The first-order chi connectivity index (χ1) is 16.4. The Balaban J connectivity index is 1.45. The first-order valence-electron chi connectivity index (χ1n) is 12.8. The predicted octanol–water partition coefficient (Wildman–Crippen LogP) is 7.06. The van der Waals surface area contributed by atoms with Gasteiger partial charge in [-0.1, -0.05) is 74.9 Å². The summed E-state index contributed by atoms with van der Waals surface area (Å²) >= 11 is 0. The van der Waals surface area contributed by atoms with Crippen LogP contribution in [0.2, 0.25) is 0 Å². The number of hydrogen-bond donors (Lipinski definition) is 1. The van der Waals surface area contributed by atoms with E-state index in [4.69, 9.17) is 0 Å². The van der Waals surface area contributed by atoms with Crippen molar-refractivity contribution in [3.8, 4) is 0 Å². The zero-order valence-electron chi connectivity index (χ0n) is 20.5. The third-order valence-corrected chi connectivity index (χ3v) is 8.81. The number of allylic oxidation sites excluding steroid dienone is 3. The molecule has 0 bridgehead atoms. The highest BCUT2D eigenvalue weighted by Crippen LogP contribution is 2.67. The minimum atomic E-state index is 0.00591. The summed E-state index contributed by atoms with van der Waals surface area (Å²) in [6.45, 7) is 7.17. The molecule has 1 N–H and O–H groups in total. The first-order valence-corrected chi connectivity index (χ1v) is 12.8. The molecule has 1 saturated carbocycles. The fourth-order valence-electron chi connectivity index (χ4n) is 7.03. The number of hydrogen-bond acceptors (Lipinski definition) is 2. The van der Waals surface area contributed by atoms with Crippen molar-refractivity contribution < 1.29 is 4.79 Å². The molecule has 1 saturated heterocycles. The van der Waals surface area contributed by atoms with Crippen molar-refractivity contribution in [3.63, 3.8) is 0 Å². The molecule has 3 heteroatoms. The van der Waals surface area contributed by atoms with Crippen molar-refractivity contribution in [3.05, 3.63) is 95.1 Å². The molecule has 0 radical (unpaired) electrons. The average Bonchev–Trinajstić information content (AvgIpc) is 3.37. The van der Waals surface area contributed by atoms with Gasteiger partial charge in [0.05, 0.1) is 11.6 Å². The first kappa shape index (κ1) is 21.5. The second kappa shape index (κ2) is 7.73. The Labute approximate surface area is 203 Å². The number of amides is 1. The van der Waals surface area contributed by atoms with E-state index < -0.39 is 0 Å². The topological polar surface area (TPSA) is 32.1 Å². The van der Waals surface area contributed by atoms with Gasteiger partial charge in [-0.3, -0.25) is 4.79 Å². The lowest BCUT2D eigenvalue weighted by Crippen LogP contribution is -2.36. The summed E-state index contributed by atoms with van der Waals surface area (Å²) in [6.07, 6.45) is 10.1. The van der Waals surface area contributed by atoms with Crippen molar-refractivity contribution in [1.29, 1.82) is 0 Å². The molecule has 0 unspecified atom stereocenters. The molecule has 1 aliphatic heterocycles. The Hall–Kier alpha value is -3.07. The highest BCUT2D eigenvalue weighted by atomic mass is 16.1. The lowest BCUT2D eigenvalue weighted by atomic mass is 9.64. The van der Waals surface area contributed by atoms with E-state index in [1.807, 2.05) is 30.3 Å². The Morgan fingerprint density at radius 1 is 0.971 bits per heavy atom. The van der Waals surface area contributed by atoms with E-state index in [9.17, 15) is 4.79 Å². The number of para-hydroxylation sites is 2. The second-order valence-corrected chi connectivity index (χ2v) is 11.1. The van der Waals surface area contributed by atoms with Gasteiger partial charge in [-0.05, 0) is 72.4 Å². The molecule has 1 amide bonds. The molecule has 34 heavy (non-hydrogen) atoms. The maximum absolute atomic E-state index is 13.4. The van der Waals surface area contributed by atoms with E-state index in [1.165, 1.54) is 30.5 Å². The highest BCUT2D eigenvalue weighted by Gasteiger charge is 2.68. The van der Waals surface area contributed by atoms with Crippen LogP contribution >= 0.6 is 0 Å². The summed E-state index contributed by atoms with van der Waals surface area (Å²) in [6, 6.07) is 20.9. The molecule has 3 atom stereocenters. The van der Waals surface area contributed by atoms with E-state index in [0.717, 1.165) is 24.1 Å². The van der Waals surface area contributed by atoms with Crippen molar-refractivity contribution in [2.24, 2.45) is 11.3 Å². The van der Waals surface area contributed by atoms with Crippen molar-refractivity contribution in [1.82, 2.24) is 0 Å². The van der Waals surface area contributed by atoms with Crippen LogP contribution in [-0.2, 0) is 4.79 Å². The van der Waals surface area contributed by atoms with Crippen molar-refractivity contribution in [2.45, 2.75) is 64.5 Å². The summed E-state index contributed by atoms with van der Waals surface area (Å²) in [5.74, 6) is 0.576. The molecule has 3 aliphatic carbocycles. The normalized spacial score (nSPS) is 29.5. The Morgan fingerprint density at radius 2 is 1.68 bits per heavy atom. The fraction of sp³-hybridized carbons (Fsp3) is 0.387. The molecular weight excluding hydrogens is 416 g/mol. The van der Waals surface area contributed by atoms with Gasteiger partial charge in [0.25, 0.3) is 5.91 Å². The molecule has 2 fully saturated rings. The number of nitrogens with zero attached hydrogens (tertiary/aromatic N) is 1. The number of fused-ring (bicyclic) bond motifs is 2. The Kier molecular flexibility index (Phi) is 4.88. The number of rotatable bonds is 4. The lowest BCUT2D eigenvalue weighted by molar-refractivity contribution is -0.113. The van der Waals surface area contributed by atoms with Crippen LogP contribution in [0.4, 0.5) is 11.4 Å². The van der Waals surface area contributed by atoms with E-state index in [2.05, 4.69) is 73.5 Å². The van der Waals surface area contributed by atoms with Gasteiger partial charge in [-0.25, -0.2) is 0 Å². The van der Waals surface area contributed by atoms with Crippen LogP contribution in [0.1, 0.15) is 52.9 Å². The predicted molar refractivity (Wildman–Crippen MR) is 140 cm³/mol. The highest BCUT2D eigenvalue weighted by molar-refractivity contribution is 6.04. The standard InChI is InChI=1S/C31H34N2O/c1-21(2)25-16-17-30(3)18-19-31-26(28(25)30)15-14-22(29(34)32-23-10-6-4-7-11-23)20-27(31)33(31)24-12-8-5-9-13-24/h4-15,21,27H,16-20H2,1-3H3,(H,32,34)/t27-,30+,31-,33?/m0/s1. The third kappa shape index (κ3) is 3.13. The quantitative estimate of drug-likeness (QED) is 0.506. The van der Waals surface area contributed by atoms with E-state index in [0.29, 0.717) is 12.0 Å². The average molecular weight is 451 g/mol. The molecule has 174 valence electrons. The molecule has 2 aromatic rings. The molecule has 3 nitrogen and oxygen atoms in total. The van der Waals surface area contributed by atoms with Gasteiger partial charge in [0.15, 0.2) is 0 Å². The molecule has 1 heterocycles. The smallest absolute Gasteiger partial charge is 0.251 e. The van der Waals surface area contributed by atoms with Gasteiger partial charge in [-0.2, -0.15) is 0 Å². The zero-order chi connectivity index (χ0) is 23.5. The van der Waals surface area contributed by atoms with Crippen LogP contribution in [0, 0.1) is 11.3 Å². The Bertz CT molecular complexity index is 1220. The SMILES string of the molecule is CC(C)C1=C2C3=CC=C(C(=O)Nc4ccccc4)C[C@@H]4N(c5ccccc5)[C@@]34CC[C@@]2(C)CC1. The number of carbonyl (C=O) groups excluding carboxylic acids is 1. The van der Waals surface area contributed by atoms with Gasteiger partial charge in [0.1, 0.15) is 0 Å². The van der Waals surface area contributed by atoms with Crippen molar-refractivity contribution >= 4 is 17.3 Å². The molecule has 1 spiro atoms. The van der Waals surface area contributed by atoms with Gasteiger partial charge in [0, 0.05) is 23.4 Å². The fourth-order valence-corrected chi connectivity index (χ4v) is 7.03. The summed E-state index contributed by atoms with van der Waals surface area (Å²) < 4.78 is 0. The minimum absolute atomic E-state index is 0.00591. The largest absolute Gasteiger partial charge is 0.354 e. The second-order valence-electron chi connectivity index (χ2n) is 11.1.